The van der Waals surface area contributed by atoms with Crippen molar-refractivity contribution in [3.8, 4) is 0 Å². The van der Waals surface area contributed by atoms with Crippen molar-refractivity contribution < 1.29 is 27.5 Å². The molecule has 0 bridgehead atoms. The Balaban J connectivity index is 2.08. The molecule has 0 aliphatic carbocycles. The van der Waals surface area contributed by atoms with Gasteiger partial charge in [-0.1, -0.05) is 0 Å². The van der Waals surface area contributed by atoms with Crippen LogP contribution in [0.4, 0.5) is 5.69 Å². The number of sulfonamides is 1. The van der Waals surface area contributed by atoms with Crippen LogP contribution in [0.25, 0.3) is 0 Å². The van der Waals surface area contributed by atoms with Crippen molar-refractivity contribution in [3.63, 3.8) is 0 Å². The van der Waals surface area contributed by atoms with Gasteiger partial charge in [-0.25, -0.2) is 12.7 Å². The first kappa shape index (κ1) is 17.4. The number of ether oxygens (including phenoxy) is 2. The number of hydrogen-bond donors (Lipinski definition) is 1. The fraction of sp³-hybridized carbons (Fsp3) is 0.429. The SMILES string of the molecule is COC(CNC(=O)c1ccc(N2C(=O)CCS2(=O)=O)cc1)OC. The van der Waals surface area contributed by atoms with Gasteiger partial charge in [0, 0.05) is 26.2 Å². The van der Waals surface area contributed by atoms with E-state index in [-0.39, 0.29) is 30.3 Å². The van der Waals surface area contributed by atoms with Crippen molar-refractivity contribution in [1.29, 1.82) is 0 Å². The third-order valence-electron chi connectivity index (χ3n) is 3.40. The van der Waals surface area contributed by atoms with Crippen molar-refractivity contribution in [2.75, 3.05) is 30.8 Å². The lowest BCUT2D eigenvalue weighted by Crippen LogP contribution is -2.34. The van der Waals surface area contributed by atoms with Gasteiger partial charge < -0.3 is 14.8 Å². The largest absolute Gasteiger partial charge is 0.354 e. The molecule has 1 aliphatic heterocycles. The zero-order valence-corrected chi connectivity index (χ0v) is 13.6. The smallest absolute Gasteiger partial charge is 0.251 e. The first-order valence-electron chi connectivity index (χ1n) is 6.88. The Morgan fingerprint density at radius 1 is 1.26 bits per heavy atom. The molecule has 0 atom stereocenters. The number of methoxy groups -OCH3 is 2. The van der Waals surface area contributed by atoms with Gasteiger partial charge in [-0.3, -0.25) is 9.59 Å². The average molecular weight is 342 g/mol. The summed E-state index contributed by atoms with van der Waals surface area (Å²) in [6.07, 6.45) is -0.578. The molecule has 0 aromatic heterocycles. The Morgan fingerprint density at radius 3 is 2.35 bits per heavy atom. The van der Waals surface area contributed by atoms with Crippen molar-refractivity contribution in [1.82, 2.24) is 5.32 Å². The number of nitrogens with one attached hydrogen (secondary N) is 1. The van der Waals surface area contributed by atoms with Gasteiger partial charge in [-0.2, -0.15) is 0 Å². The van der Waals surface area contributed by atoms with E-state index >= 15 is 0 Å². The van der Waals surface area contributed by atoms with Gasteiger partial charge in [-0.15, -0.1) is 0 Å². The molecule has 1 heterocycles. The van der Waals surface area contributed by atoms with E-state index in [9.17, 15) is 18.0 Å². The summed E-state index contributed by atoms with van der Waals surface area (Å²) < 4.78 is 34.4. The highest BCUT2D eigenvalue weighted by molar-refractivity contribution is 7.94. The molecule has 1 aromatic rings. The summed E-state index contributed by atoms with van der Waals surface area (Å²) in [6, 6.07) is 5.78. The quantitative estimate of drug-likeness (QED) is 0.736. The van der Waals surface area contributed by atoms with E-state index in [0.717, 1.165) is 4.31 Å². The second kappa shape index (κ2) is 7.07. The summed E-state index contributed by atoms with van der Waals surface area (Å²) in [5.41, 5.74) is 0.569. The second-order valence-corrected chi connectivity index (χ2v) is 6.82. The van der Waals surface area contributed by atoms with Gasteiger partial charge in [0.2, 0.25) is 15.9 Å². The summed E-state index contributed by atoms with van der Waals surface area (Å²) in [6.45, 7) is 0.173. The molecule has 1 saturated heterocycles. The Bertz CT molecular complexity index is 682. The summed E-state index contributed by atoms with van der Waals surface area (Å²) in [4.78, 5) is 23.7. The molecule has 1 N–H and O–H groups in total. The standard InChI is InChI=1S/C14H18N2O6S/c1-21-13(22-2)9-15-14(18)10-3-5-11(6-4-10)16-12(17)7-8-23(16,19)20/h3-6,13H,7-9H2,1-2H3,(H,15,18). The predicted molar refractivity (Wildman–Crippen MR) is 82.5 cm³/mol. The molecule has 0 saturated carbocycles. The van der Waals surface area contributed by atoms with E-state index in [2.05, 4.69) is 5.32 Å². The zero-order chi connectivity index (χ0) is 17.0. The number of amides is 2. The minimum absolute atomic E-state index is 0.0278. The maximum atomic E-state index is 12.0. The maximum absolute atomic E-state index is 12.0. The van der Waals surface area contributed by atoms with Crippen LogP contribution in [-0.4, -0.2) is 53.0 Å². The van der Waals surface area contributed by atoms with E-state index in [1.165, 1.54) is 38.5 Å². The van der Waals surface area contributed by atoms with Gasteiger partial charge in [0.1, 0.15) is 0 Å². The maximum Gasteiger partial charge on any atom is 0.251 e. The number of anilines is 1. The first-order valence-corrected chi connectivity index (χ1v) is 8.49. The fourth-order valence-electron chi connectivity index (χ4n) is 2.16. The van der Waals surface area contributed by atoms with Crippen molar-refractivity contribution in [3.05, 3.63) is 29.8 Å². The Hall–Kier alpha value is -1.97. The van der Waals surface area contributed by atoms with E-state index < -0.39 is 22.2 Å². The van der Waals surface area contributed by atoms with Crippen molar-refractivity contribution in [2.24, 2.45) is 0 Å². The molecule has 8 nitrogen and oxygen atoms in total. The monoisotopic (exact) mass is 342 g/mol. The molecule has 0 spiro atoms. The Labute approximate surface area is 134 Å². The predicted octanol–water partition coefficient (Wildman–Crippen LogP) is 0.102. The molecule has 2 amide bonds. The van der Waals surface area contributed by atoms with Crippen molar-refractivity contribution in [2.45, 2.75) is 12.7 Å². The van der Waals surface area contributed by atoms with Crippen molar-refractivity contribution >= 4 is 27.5 Å². The molecule has 9 heteroatoms. The normalized spacial score (nSPS) is 16.8. The van der Waals surface area contributed by atoms with Gasteiger partial charge in [0.25, 0.3) is 5.91 Å². The number of hydrogen-bond acceptors (Lipinski definition) is 6. The van der Waals surface area contributed by atoms with Crippen LogP contribution >= 0.6 is 0 Å². The Morgan fingerprint density at radius 2 is 1.87 bits per heavy atom. The van der Waals surface area contributed by atoms with Crippen LogP contribution in [0.15, 0.2) is 24.3 Å². The molecular formula is C14H18N2O6S. The van der Waals surface area contributed by atoms with Crippen LogP contribution in [0.2, 0.25) is 0 Å². The van der Waals surface area contributed by atoms with Gasteiger partial charge in [0.05, 0.1) is 18.0 Å². The van der Waals surface area contributed by atoms with Crippen LogP contribution in [0.3, 0.4) is 0 Å². The average Bonchev–Trinajstić information content (AvgIpc) is 2.81. The van der Waals surface area contributed by atoms with Crippen LogP contribution in [0.1, 0.15) is 16.8 Å². The first-order chi connectivity index (χ1) is 10.9. The Kier molecular flexibility index (Phi) is 5.34. The molecule has 0 unspecified atom stereocenters. The lowest BCUT2D eigenvalue weighted by atomic mass is 10.2. The minimum atomic E-state index is -3.60. The second-order valence-electron chi connectivity index (χ2n) is 4.88. The lowest BCUT2D eigenvalue weighted by Gasteiger charge is -2.16. The number of nitrogens with zero attached hydrogens (tertiary/aromatic N) is 1. The fourth-order valence-corrected chi connectivity index (χ4v) is 3.62. The van der Waals surface area contributed by atoms with E-state index in [0.29, 0.717) is 5.56 Å². The highest BCUT2D eigenvalue weighted by Crippen LogP contribution is 2.25. The number of carbonyl (C=O) groups is 2. The van der Waals surface area contributed by atoms with Crippen LogP contribution in [0.5, 0.6) is 0 Å². The topological polar surface area (TPSA) is 102 Å². The zero-order valence-electron chi connectivity index (χ0n) is 12.8. The van der Waals surface area contributed by atoms with Gasteiger partial charge in [0.15, 0.2) is 6.29 Å². The molecule has 1 aliphatic rings. The highest BCUT2D eigenvalue weighted by Gasteiger charge is 2.36. The molecule has 1 aromatic carbocycles. The van der Waals surface area contributed by atoms with E-state index in [4.69, 9.17) is 9.47 Å². The van der Waals surface area contributed by atoms with Gasteiger partial charge in [-0.05, 0) is 24.3 Å². The van der Waals surface area contributed by atoms with Crippen LogP contribution in [-0.2, 0) is 24.3 Å². The summed E-state index contributed by atoms with van der Waals surface area (Å²) in [5.74, 6) is -1.01. The van der Waals surface area contributed by atoms with Crippen LogP contribution in [0, 0.1) is 0 Å². The minimum Gasteiger partial charge on any atom is -0.354 e. The summed E-state index contributed by atoms with van der Waals surface area (Å²) >= 11 is 0. The molecular weight excluding hydrogens is 324 g/mol. The number of carbonyl (C=O) groups excluding carboxylic acids is 2. The lowest BCUT2D eigenvalue weighted by molar-refractivity contribution is -0.116. The number of benzene rings is 1. The van der Waals surface area contributed by atoms with Crippen LogP contribution < -0.4 is 9.62 Å². The molecule has 1 fully saturated rings. The summed E-state index contributed by atoms with van der Waals surface area (Å²) in [7, 11) is -0.679. The highest BCUT2D eigenvalue weighted by atomic mass is 32.2. The third kappa shape index (κ3) is 3.87. The molecule has 0 radical (unpaired) electrons. The third-order valence-corrected chi connectivity index (χ3v) is 5.09. The molecule has 2 rings (SSSR count). The van der Waals surface area contributed by atoms with Gasteiger partial charge >= 0.3 is 0 Å². The van der Waals surface area contributed by atoms with E-state index in [1.807, 2.05) is 0 Å². The molecule has 23 heavy (non-hydrogen) atoms. The summed E-state index contributed by atoms with van der Waals surface area (Å²) in [5, 5.41) is 2.63. The number of rotatable bonds is 6. The van der Waals surface area contributed by atoms with E-state index in [1.54, 1.807) is 0 Å². The molecule has 126 valence electrons.